The molecule has 7 nitrogen and oxygen atoms in total. The molecule has 0 aliphatic carbocycles. The van der Waals surface area contributed by atoms with Gasteiger partial charge in [0.15, 0.2) is 11.5 Å². The van der Waals surface area contributed by atoms with Crippen molar-refractivity contribution < 1.29 is 18.7 Å². The van der Waals surface area contributed by atoms with E-state index in [1.807, 2.05) is 17.9 Å². The average Bonchev–Trinajstić information content (AvgIpc) is 3.21. The summed E-state index contributed by atoms with van der Waals surface area (Å²) < 4.78 is 24.5. The van der Waals surface area contributed by atoms with Crippen molar-refractivity contribution in [2.24, 2.45) is 0 Å². The fourth-order valence-corrected chi connectivity index (χ4v) is 3.62. The Balaban J connectivity index is 1.36. The van der Waals surface area contributed by atoms with Crippen molar-refractivity contribution in [1.29, 1.82) is 5.26 Å². The minimum Gasteiger partial charge on any atom is -0.454 e. The van der Waals surface area contributed by atoms with E-state index < -0.39 is 5.82 Å². The SMILES string of the molecule is CC(C(=O)Nc1ccc2c(c1)OCO2)N1CCN(c2cccc(F)c2C#N)CC1. The van der Waals surface area contributed by atoms with Crippen LogP contribution in [0.2, 0.25) is 0 Å². The molecule has 1 amide bonds. The molecule has 2 aromatic carbocycles. The molecule has 29 heavy (non-hydrogen) atoms. The Bertz CT molecular complexity index is 967. The number of carbonyl (C=O) groups is 1. The third kappa shape index (κ3) is 3.82. The van der Waals surface area contributed by atoms with E-state index in [0.29, 0.717) is 49.1 Å². The molecule has 0 radical (unpaired) electrons. The fourth-order valence-electron chi connectivity index (χ4n) is 3.62. The van der Waals surface area contributed by atoms with E-state index in [9.17, 15) is 14.4 Å². The zero-order valence-corrected chi connectivity index (χ0v) is 16.0. The second-order valence-electron chi connectivity index (χ2n) is 7.00. The van der Waals surface area contributed by atoms with Crippen molar-refractivity contribution >= 4 is 17.3 Å². The first-order valence-corrected chi connectivity index (χ1v) is 9.45. The highest BCUT2D eigenvalue weighted by atomic mass is 19.1. The van der Waals surface area contributed by atoms with Crippen LogP contribution in [0.5, 0.6) is 11.5 Å². The van der Waals surface area contributed by atoms with Crippen LogP contribution in [-0.2, 0) is 4.79 Å². The predicted octanol–water partition coefficient (Wildman–Crippen LogP) is 2.58. The van der Waals surface area contributed by atoms with Gasteiger partial charge in [-0.2, -0.15) is 5.26 Å². The quantitative estimate of drug-likeness (QED) is 0.856. The summed E-state index contributed by atoms with van der Waals surface area (Å²) in [7, 11) is 0. The average molecular weight is 396 g/mol. The number of nitrogens with zero attached hydrogens (tertiary/aromatic N) is 3. The lowest BCUT2D eigenvalue weighted by Gasteiger charge is -2.38. The van der Waals surface area contributed by atoms with Crippen LogP contribution in [0.1, 0.15) is 12.5 Å². The Kier molecular flexibility index (Phi) is 5.23. The summed E-state index contributed by atoms with van der Waals surface area (Å²) in [6, 6.07) is 11.6. The number of fused-ring (bicyclic) bond motifs is 1. The first-order valence-electron chi connectivity index (χ1n) is 9.45. The summed E-state index contributed by atoms with van der Waals surface area (Å²) in [5.41, 5.74) is 1.32. The van der Waals surface area contributed by atoms with Crippen LogP contribution in [-0.4, -0.2) is 49.8 Å². The van der Waals surface area contributed by atoms with Gasteiger partial charge in [-0.15, -0.1) is 0 Å². The molecule has 0 aromatic heterocycles. The molecule has 1 saturated heterocycles. The predicted molar refractivity (Wildman–Crippen MR) is 106 cm³/mol. The lowest BCUT2D eigenvalue weighted by molar-refractivity contribution is -0.120. The molecule has 0 spiro atoms. The van der Waals surface area contributed by atoms with E-state index in [4.69, 9.17) is 9.47 Å². The van der Waals surface area contributed by atoms with Crippen LogP contribution >= 0.6 is 0 Å². The van der Waals surface area contributed by atoms with E-state index in [-0.39, 0.29) is 24.3 Å². The van der Waals surface area contributed by atoms with Crippen molar-refractivity contribution in [3.05, 3.63) is 47.8 Å². The maximum atomic E-state index is 13.9. The molecule has 150 valence electrons. The zero-order chi connectivity index (χ0) is 20.4. The third-order valence-electron chi connectivity index (χ3n) is 5.33. The van der Waals surface area contributed by atoms with Gasteiger partial charge in [-0.1, -0.05) is 6.07 Å². The summed E-state index contributed by atoms with van der Waals surface area (Å²) in [6.07, 6.45) is 0. The summed E-state index contributed by atoms with van der Waals surface area (Å²) >= 11 is 0. The molecule has 8 heteroatoms. The minimum absolute atomic E-state index is 0.0644. The molecule has 1 fully saturated rings. The van der Waals surface area contributed by atoms with E-state index >= 15 is 0 Å². The number of hydrogen-bond acceptors (Lipinski definition) is 6. The van der Waals surface area contributed by atoms with Gasteiger partial charge >= 0.3 is 0 Å². The number of halogens is 1. The van der Waals surface area contributed by atoms with Crippen molar-refractivity contribution in [3.63, 3.8) is 0 Å². The molecule has 2 heterocycles. The molecule has 4 rings (SSSR count). The van der Waals surface area contributed by atoms with Gasteiger partial charge in [-0.05, 0) is 31.2 Å². The van der Waals surface area contributed by atoms with Gasteiger partial charge in [0.2, 0.25) is 12.7 Å². The smallest absolute Gasteiger partial charge is 0.241 e. The van der Waals surface area contributed by atoms with Gasteiger partial charge in [0.1, 0.15) is 17.4 Å². The molecule has 0 saturated carbocycles. The number of ether oxygens (including phenoxy) is 2. The molecule has 1 unspecified atom stereocenters. The monoisotopic (exact) mass is 396 g/mol. The number of benzene rings is 2. The largest absolute Gasteiger partial charge is 0.454 e. The Morgan fingerprint density at radius 2 is 1.93 bits per heavy atom. The van der Waals surface area contributed by atoms with E-state index in [0.717, 1.165) is 0 Å². The molecule has 2 aliphatic heterocycles. The van der Waals surface area contributed by atoms with Crippen LogP contribution in [0.3, 0.4) is 0 Å². The second-order valence-corrected chi connectivity index (χ2v) is 7.00. The van der Waals surface area contributed by atoms with Gasteiger partial charge in [0, 0.05) is 37.9 Å². The zero-order valence-electron chi connectivity index (χ0n) is 16.0. The lowest BCUT2D eigenvalue weighted by Crippen LogP contribution is -2.53. The first kappa shape index (κ1) is 19.0. The van der Waals surface area contributed by atoms with Crippen molar-refractivity contribution in [1.82, 2.24) is 4.90 Å². The molecule has 2 aliphatic rings. The number of amides is 1. The normalized spacial score (nSPS) is 16.9. The maximum Gasteiger partial charge on any atom is 0.241 e. The summed E-state index contributed by atoms with van der Waals surface area (Å²) in [5.74, 6) is 0.665. The van der Waals surface area contributed by atoms with Crippen LogP contribution in [0.15, 0.2) is 36.4 Å². The standard InChI is InChI=1S/C21H21FN4O3/c1-14(21(27)24-15-5-6-19-20(11-15)29-13-28-19)25-7-9-26(10-8-25)18-4-2-3-17(22)16(18)12-23/h2-6,11,14H,7-10,13H2,1H3,(H,24,27). The first-order chi connectivity index (χ1) is 14.1. The highest BCUT2D eigenvalue weighted by Crippen LogP contribution is 2.34. The van der Waals surface area contributed by atoms with Crippen LogP contribution < -0.4 is 19.7 Å². The van der Waals surface area contributed by atoms with Crippen molar-refractivity contribution in [2.45, 2.75) is 13.0 Å². The Labute approximate surface area is 168 Å². The molecular formula is C21H21FN4O3. The van der Waals surface area contributed by atoms with E-state index in [1.54, 1.807) is 30.3 Å². The number of nitriles is 1. The van der Waals surface area contributed by atoms with Crippen LogP contribution in [0.4, 0.5) is 15.8 Å². The number of hydrogen-bond donors (Lipinski definition) is 1. The number of rotatable bonds is 4. The Morgan fingerprint density at radius 1 is 1.17 bits per heavy atom. The summed E-state index contributed by atoms with van der Waals surface area (Å²) in [4.78, 5) is 16.7. The fraction of sp³-hybridized carbons (Fsp3) is 0.333. The van der Waals surface area contributed by atoms with Crippen LogP contribution in [0, 0.1) is 17.1 Å². The minimum atomic E-state index is -0.510. The Morgan fingerprint density at radius 3 is 2.69 bits per heavy atom. The van der Waals surface area contributed by atoms with Crippen molar-refractivity contribution in [2.75, 3.05) is 43.2 Å². The number of carbonyl (C=O) groups excluding carboxylic acids is 1. The van der Waals surface area contributed by atoms with Gasteiger partial charge in [-0.3, -0.25) is 9.69 Å². The summed E-state index contributed by atoms with van der Waals surface area (Å²) in [6.45, 7) is 4.54. The van der Waals surface area contributed by atoms with E-state index in [2.05, 4.69) is 10.2 Å². The highest BCUT2D eigenvalue weighted by Gasteiger charge is 2.27. The number of nitrogens with one attached hydrogen (secondary N) is 1. The summed E-state index contributed by atoms with van der Waals surface area (Å²) in [5, 5.41) is 12.2. The third-order valence-corrected chi connectivity index (χ3v) is 5.33. The molecule has 1 N–H and O–H groups in total. The van der Waals surface area contributed by atoms with Gasteiger partial charge in [0.05, 0.1) is 11.7 Å². The number of anilines is 2. The topological polar surface area (TPSA) is 77.8 Å². The molecule has 2 aromatic rings. The van der Waals surface area contributed by atoms with Crippen LogP contribution in [0.25, 0.3) is 0 Å². The second kappa shape index (κ2) is 7.97. The maximum absolute atomic E-state index is 13.9. The molecular weight excluding hydrogens is 375 g/mol. The van der Waals surface area contributed by atoms with Gasteiger partial charge in [0.25, 0.3) is 0 Å². The highest BCUT2D eigenvalue weighted by molar-refractivity contribution is 5.94. The molecule has 0 bridgehead atoms. The molecule has 1 atom stereocenters. The number of piperazine rings is 1. The van der Waals surface area contributed by atoms with Gasteiger partial charge in [-0.25, -0.2) is 4.39 Å². The van der Waals surface area contributed by atoms with E-state index in [1.165, 1.54) is 6.07 Å². The Hall–Kier alpha value is -3.31. The van der Waals surface area contributed by atoms with Gasteiger partial charge < -0.3 is 19.7 Å². The van der Waals surface area contributed by atoms with Crippen molar-refractivity contribution in [3.8, 4) is 17.6 Å². The lowest BCUT2D eigenvalue weighted by atomic mass is 10.1.